The van der Waals surface area contributed by atoms with Crippen LogP contribution in [0.1, 0.15) is 41.4 Å². The summed E-state index contributed by atoms with van der Waals surface area (Å²) in [4.78, 5) is 81.3. The zero-order chi connectivity index (χ0) is 44.2. The minimum absolute atomic E-state index is 0.0814. The van der Waals surface area contributed by atoms with Gasteiger partial charge in [-0.25, -0.2) is 49.1 Å². The Balaban J connectivity index is 0.000000174. The molecule has 5 heterocycles. The zero-order valence-corrected chi connectivity index (χ0v) is 32.8. The highest BCUT2D eigenvalue weighted by atomic mass is 16.4. The van der Waals surface area contributed by atoms with Crippen LogP contribution in [0, 0.1) is 0 Å². The van der Waals surface area contributed by atoms with Gasteiger partial charge in [0.15, 0.2) is 23.3 Å². The minimum atomic E-state index is -1.37. The average molecular weight is 845 g/mol. The first-order valence-corrected chi connectivity index (χ1v) is 19.4. The van der Waals surface area contributed by atoms with Crippen molar-refractivity contribution in [3.8, 4) is 56.7 Å². The Kier molecular flexibility index (Phi) is 9.22. The third-order valence-corrected chi connectivity index (χ3v) is 10.6. The molecule has 0 amide bonds. The Morgan fingerprint density at radius 2 is 0.562 bits per heavy atom. The fourth-order valence-corrected chi connectivity index (χ4v) is 7.67. The summed E-state index contributed by atoms with van der Waals surface area (Å²) in [7, 11) is 0. The Morgan fingerprint density at radius 1 is 0.328 bits per heavy atom. The highest BCUT2D eigenvalue weighted by Crippen LogP contribution is 2.37. The van der Waals surface area contributed by atoms with Crippen molar-refractivity contribution in [3.63, 3.8) is 0 Å². The second kappa shape index (κ2) is 15.2. The SMILES string of the molecule is O=C(O)c1cc(C(=O)O)cc(-c2cc(C(=O)O)cc(C(=O)O)c2)c1.c1ccc2c(c1)-c1nc-2nc2[nH]c(nc3nc(nc4[nH]c(n1)c1ccccc41)-c1ccccc1-3)c1ccccc21. The van der Waals surface area contributed by atoms with Crippen LogP contribution in [0.2, 0.25) is 0 Å². The monoisotopic (exact) mass is 844 g/mol. The van der Waals surface area contributed by atoms with Crippen molar-refractivity contribution >= 4 is 68.0 Å². The lowest BCUT2D eigenvalue weighted by Crippen LogP contribution is -2.05. The molecule has 308 valence electrons. The minimum Gasteiger partial charge on any atom is -0.478 e. The largest absolute Gasteiger partial charge is 0.478 e. The van der Waals surface area contributed by atoms with Crippen LogP contribution in [0.4, 0.5) is 0 Å². The van der Waals surface area contributed by atoms with Crippen molar-refractivity contribution in [2.45, 2.75) is 0 Å². The lowest BCUT2D eigenvalue weighted by Gasteiger charge is -2.08. The number of aromatic nitrogens is 8. The molecule has 0 saturated carbocycles. The number of aromatic amines is 2. The molecule has 2 aliphatic heterocycles. The quantitative estimate of drug-likeness (QED) is 0.0945. The highest BCUT2D eigenvalue weighted by molar-refractivity contribution is 6.06. The van der Waals surface area contributed by atoms with E-state index in [1.807, 2.05) is 97.1 Å². The summed E-state index contributed by atoms with van der Waals surface area (Å²) < 4.78 is 0. The predicted molar refractivity (Wildman–Crippen MR) is 236 cm³/mol. The number of carboxylic acids is 4. The lowest BCUT2D eigenvalue weighted by molar-refractivity contribution is 0.0676. The van der Waals surface area contributed by atoms with Crippen LogP contribution in [-0.4, -0.2) is 84.2 Å². The van der Waals surface area contributed by atoms with Gasteiger partial charge in [-0.15, -0.1) is 0 Å². The number of carboxylic acid groups (broad SMARTS) is 4. The van der Waals surface area contributed by atoms with Gasteiger partial charge in [-0.1, -0.05) is 97.1 Å². The fraction of sp³-hybridized carbons (Fsp3) is 0. The number of hydrogen-bond donors (Lipinski definition) is 6. The number of fused-ring (bicyclic) bond motifs is 20. The molecule has 0 saturated heterocycles. The number of nitrogens with zero attached hydrogens (tertiary/aromatic N) is 6. The van der Waals surface area contributed by atoms with Gasteiger partial charge in [-0.3, -0.25) is 0 Å². The van der Waals surface area contributed by atoms with Crippen LogP contribution < -0.4 is 0 Å². The smallest absolute Gasteiger partial charge is 0.335 e. The second-order valence-electron chi connectivity index (χ2n) is 14.6. The molecule has 16 nitrogen and oxygen atoms in total. The highest BCUT2D eigenvalue weighted by Gasteiger charge is 2.22. The number of benzene rings is 6. The molecule has 0 unspecified atom stereocenters. The van der Waals surface area contributed by atoms with Crippen LogP contribution in [-0.2, 0) is 0 Å². The molecule has 0 spiro atoms. The third kappa shape index (κ3) is 6.88. The number of rotatable bonds is 5. The van der Waals surface area contributed by atoms with Gasteiger partial charge in [0.1, 0.15) is 22.6 Å². The van der Waals surface area contributed by atoms with Crippen molar-refractivity contribution in [2.24, 2.45) is 0 Å². The van der Waals surface area contributed by atoms with E-state index in [0.29, 0.717) is 45.9 Å². The zero-order valence-electron chi connectivity index (χ0n) is 32.8. The van der Waals surface area contributed by atoms with Gasteiger partial charge >= 0.3 is 23.9 Å². The average Bonchev–Trinajstić information content (AvgIpc) is 4.05. The van der Waals surface area contributed by atoms with E-state index in [4.69, 9.17) is 50.3 Å². The molecule has 64 heavy (non-hydrogen) atoms. The first kappa shape index (κ1) is 38.7. The van der Waals surface area contributed by atoms with Crippen LogP contribution in [0.3, 0.4) is 0 Å². The molecule has 0 atom stereocenters. The Hall–Kier alpha value is -9.44. The van der Waals surface area contributed by atoms with Gasteiger partial charge in [-0.2, -0.15) is 0 Å². The van der Waals surface area contributed by atoms with E-state index < -0.39 is 23.9 Å². The lowest BCUT2D eigenvalue weighted by atomic mass is 9.96. The summed E-state index contributed by atoms with van der Waals surface area (Å²) in [5.41, 5.74) is 5.34. The van der Waals surface area contributed by atoms with E-state index >= 15 is 0 Å². The summed E-state index contributed by atoms with van der Waals surface area (Å²) in [5, 5.41) is 40.1. The van der Waals surface area contributed by atoms with Crippen LogP contribution in [0.15, 0.2) is 133 Å². The second-order valence-corrected chi connectivity index (χ2v) is 14.6. The van der Waals surface area contributed by atoms with Crippen LogP contribution in [0.5, 0.6) is 0 Å². The number of nitrogens with one attached hydrogen (secondary N) is 2. The van der Waals surface area contributed by atoms with E-state index in [-0.39, 0.29) is 33.4 Å². The van der Waals surface area contributed by atoms with Crippen molar-refractivity contribution in [1.29, 1.82) is 0 Å². The van der Waals surface area contributed by atoms with E-state index in [0.717, 1.165) is 80.2 Å². The molecule has 16 heteroatoms. The molecular formula is C48H28N8O8. The maximum Gasteiger partial charge on any atom is 0.335 e. The Bertz CT molecular complexity index is 3210. The molecule has 0 radical (unpaired) electrons. The fourth-order valence-electron chi connectivity index (χ4n) is 7.67. The van der Waals surface area contributed by atoms with Gasteiger partial charge in [0.2, 0.25) is 0 Å². The Labute approximate surface area is 358 Å². The number of carbonyl (C=O) groups is 4. The van der Waals surface area contributed by atoms with Gasteiger partial charge in [0, 0.05) is 43.8 Å². The standard InChI is InChI=1S/C32H18N8.C16H10O8/c1-2-10-18-17(9-1)25-33-26(18)38-28-21-13-5-6-14-22(21)30(35-28)40-32-24-16-8-7-15-23(24)31(36-32)39-29-20-12-4-3-11-19(20)27(34-29)37-25;17-13(18)9-1-7(2-10(5-9)14(19)20)8-3-11(15(21)22)6-12(4-8)16(23)24/h1-16H,(H2,33,34,35,36,37,38,39,40);1-6H,(H,17,18)(H,19,20)(H,21,22)(H,23,24). The molecule has 6 aromatic carbocycles. The van der Waals surface area contributed by atoms with E-state index in [9.17, 15) is 19.2 Å². The maximum atomic E-state index is 11.1. The predicted octanol–water partition coefficient (Wildman–Crippen LogP) is 9.02. The van der Waals surface area contributed by atoms with Gasteiger partial charge in [0.25, 0.3) is 0 Å². The molecule has 3 aromatic heterocycles. The van der Waals surface area contributed by atoms with Gasteiger partial charge < -0.3 is 30.4 Å². The molecule has 6 N–H and O–H groups in total. The third-order valence-electron chi connectivity index (χ3n) is 10.6. The van der Waals surface area contributed by atoms with Gasteiger partial charge in [0.05, 0.1) is 22.3 Å². The normalized spacial score (nSPS) is 11.3. The van der Waals surface area contributed by atoms with Crippen molar-refractivity contribution < 1.29 is 39.6 Å². The molecule has 11 rings (SSSR count). The number of H-pyrrole nitrogens is 2. The summed E-state index contributed by atoms with van der Waals surface area (Å²) in [6.45, 7) is 0. The first-order valence-electron chi connectivity index (χ1n) is 19.4. The number of hydrogen-bond acceptors (Lipinski definition) is 10. The molecule has 2 aliphatic rings. The summed E-state index contributed by atoms with van der Waals surface area (Å²) in [5.74, 6) is -3.08. The first-order chi connectivity index (χ1) is 31.0. The number of aromatic carboxylic acids is 4. The van der Waals surface area contributed by atoms with Crippen molar-refractivity contribution in [2.75, 3.05) is 0 Å². The van der Waals surface area contributed by atoms with Crippen LogP contribution in [0.25, 0.3) is 101 Å². The van der Waals surface area contributed by atoms with E-state index in [1.54, 1.807) is 0 Å². The summed E-state index contributed by atoms with van der Waals surface area (Å²) in [6, 6.07) is 38.7. The molecular weight excluding hydrogens is 817 g/mol. The van der Waals surface area contributed by atoms with E-state index in [1.165, 1.54) is 0 Å². The molecule has 8 bridgehead atoms. The summed E-state index contributed by atoms with van der Waals surface area (Å²) >= 11 is 0. The molecule has 0 fully saturated rings. The topological polar surface area (TPSA) is 258 Å². The Morgan fingerprint density at radius 3 is 0.797 bits per heavy atom. The maximum absolute atomic E-state index is 11.1. The molecule has 0 aliphatic carbocycles. The van der Waals surface area contributed by atoms with E-state index in [2.05, 4.69) is 9.97 Å². The van der Waals surface area contributed by atoms with Crippen molar-refractivity contribution in [1.82, 2.24) is 39.9 Å². The van der Waals surface area contributed by atoms with Crippen molar-refractivity contribution in [3.05, 3.63) is 156 Å². The van der Waals surface area contributed by atoms with Gasteiger partial charge in [-0.05, 0) is 47.5 Å². The summed E-state index contributed by atoms with van der Waals surface area (Å²) in [6.07, 6.45) is 0. The molecule has 9 aromatic rings. The van der Waals surface area contributed by atoms with Crippen LogP contribution >= 0.6 is 0 Å².